The van der Waals surface area contributed by atoms with Crippen LogP contribution in [-0.4, -0.2) is 33.2 Å². The molecule has 36 heavy (non-hydrogen) atoms. The van der Waals surface area contributed by atoms with Gasteiger partial charge in [0.25, 0.3) is 11.7 Å². The average molecular weight is 543 g/mol. The fourth-order valence-electron chi connectivity index (χ4n) is 4.86. The fourth-order valence-corrected chi connectivity index (χ4v) is 5.13. The second-order valence-corrected chi connectivity index (χ2v) is 10.3. The smallest absolute Gasteiger partial charge is 0.295 e. The number of H-pyrrole nitrogens is 1. The van der Waals surface area contributed by atoms with Crippen LogP contribution in [0.25, 0.3) is 16.7 Å². The summed E-state index contributed by atoms with van der Waals surface area (Å²) in [6.07, 6.45) is 2.53. The maximum absolute atomic E-state index is 13.3. The van der Waals surface area contributed by atoms with Gasteiger partial charge in [0, 0.05) is 33.7 Å². The zero-order valence-electron chi connectivity index (χ0n) is 20.2. The lowest BCUT2D eigenvalue weighted by Crippen LogP contribution is -2.31. The number of hydrogen-bond donors (Lipinski definition) is 2. The van der Waals surface area contributed by atoms with E-state index in [1.165, 1.54) is 5.56 Å². The van der Waals surface area contributed by atoms with E-state index in [1.807, 2.05) is 54.7 Å². The second-order valence-electron chi connectivity index (χ2n) is 9.43. The van der Waals surface area contributed by atoms with Gasteiger partial charge in [0.05, 0.1) is 11.6 Å². The van der Waals surface area contributed by atoms with E-state index in [-0.39, 0.29) is 11.3 Å². The lowest BCUT2D eigenvalue weighted by atomic mass is 9.93. The van der Waals surface area contributed by atoms with Crippen molar-refractivity contribution in [1.82, 2.24) is 9.88 Å². The first-order chi connectivity index (χ1) is 17.3. The van der Waals surface area contributed by atoms with Crippen molar-refractivity contribution < 1.29 is 14.7 Å². The van der Waals surface area contributed by atoms with Gasteiger partial charge < -0.3 is 15.0 Å². The number of likely N-dealkylation sites (tertiary alicyclic amines) is 1. The van der Waals surface area contributed by atoms with Gasteiger partial charge in [0.1, 0.15) is 5.76 Å². The van der Waals surface area contributed by atoms with Crippen molar-refractivity contribution in [3.63, 3.8) is 0 Å². The Labute approximate surface area is 218 Å². The number of para-hydroxylation sites is 1. The Morgan fingerprint density at radius 1 is 1.00 bits per heavy atom. The molecule has 0 bridgehead atoms. The van der Waals surface area contributed by atoms with E-state index >= 15 is 0 Å². The van der Waals surface area contributed by atoms with Gasteiger partial charge in [-0.1, -0.05) is 84.4 Å². The quantitative estimate of drug-likeness (QED) is 0.161. The molecule has 0 radical (unpaired) electrons. The number of aromatic amines is 1. The minimum Gasteiger partial charge on any atom is -0.507 e. The van der Waals surface area contributed by atoms with Crippen molar-refractivity contribution in [2.45, 2.75) is 32.2 Å². The number of ketones is 1. The Balaban J connectivity index is 1.56. The molecule has 1 aromatic heterocycles. The Hall–Kier alpha value is -3.64. The summed E-state index contributed by atoms with van der Waals surface area (Å²) >= 11 is 3.40. The van der Waals surface area contributed by atoms with Crippen molar-refractivity contribution >= 4 is 44.3 Å². The number of fused-ring (bicyclic) bond motifs is 1. The first-order valence-electron chi connectivity index (χ1n) is 12.0. The van der Waals surface area contributed by atoms with Gasteiger partial charge in [0.2, 0.25) is 0 Å². The van der Waals surface area contributed by atoms with Gasteiger partial charge in [-0.25, -0.2) is 0 Å². The Morgan fingerprint density at radius 2 is 1.69 bits per heavy atom. The molecule has 1 amide bonds. The maximum atomic E-state index is 13.3. The predicted molar refractivity (Wildman–Crippen MR) is 146 cm³/mol. The fraction of sp³-hybridized carbons (Fsp3) is 0.200. The molecule has 5 rings (SSSR count). The van der Waals surface area contributed by atoms with Crippen molar-refractivity contribution in [2.24, 2.45) is 0 Å². The number of carbonyl (C=O) groups excluding carboxylic acids is 2. The van der Waals surface area contributed by atoms with Crippen molar-refractivity contribution in [3.8, 4) is 0 Å². The molecule has 3 aromatic carbocycles. The third-order valence-corrected chi connectivity index (χ3v) is 7.40. The molecule has 2 heterocycles. The highest BCUT2D eigenvalue weighted by molar-refractivity contribution is 9.10. The lowest BCUT2D eigenvalue weighted by molar-refractivity contribution is -0.139. The summed E-state index contributed by atoms with van der Waals surface area (Å²) in [6.45, 7) is 4.59. The largest absolute Gasteiger partial charge is 0.507 e. The molecule has 1 atom stereocenters. The number of aromatic nitrogens is 1. The van der Waals surface area contributed by atoms with Crippen LogP contribution in [0.3, 0.4) is 0 Å². The molecule has 0 saturated carbocycles. The zero-order valence-corrected chi connectivity index (χ0v) is 21.7. The number of Topliss-reactive ketones (excluding diaryl/α,β-unsaturated/α-hetero) is 1. The number of nitrogens with zero attached hydrogens (tertiary/aromatic N) is 1. The van der Waals surface area contributed by atoms with Crippen LogP contribution in [-0.2, 0) is 16.0 Å². The van der Waals surface area contributed by atoms with Crippen molar-refractivity contribution in [2.75, 3.05) is 6.54 Å². The van der Waals surface area contributed by atoms with Crippen LogP contribution >= 0.6 is 15.9 Å². The highest BCUT2D eigenvalue weighted by atomic mass is 79.9. The molecule has 0 spiro atoms. The molecular formula is C30H27BrN2O3. The highest BCUT2D eigenvalue weighted by Crippen LogP contribution is 2.40. The Morgan fingerprint density at radius 3 is 2.39 bits per heavy atom. The number of nitrogens with one attached hydrogen (secondary N) is 1. The Kier molecular flexibility index (Phi) is 6.54. The van der Waals surface area contributed by atoms with E-state index in [4.69, 9.17) is 0 Å². The van der Waals surface area contributed by atoms with Gasteiger partial charge in [-0.05, 0) is 47.2 Å². The van der Waals surface area contributed by atoms with Crippen molar-refractivity contribution in [3.05, 3.63) is 111 Å². The van der Waals surface area contributed by atoms with E-state index in [1.54, 1.807) is 29.2 Å². The number of rotatable bonds is 6. The van der Waals surface area contributed by atoms with E-state index in [9.17, 15) is 14.7 Å². The SMILES string of the molecule is CC(C)c1ccc(C2/C(=C(\O)c3ccc(Br)cc3)C(=O)C(=O)N2CCc2c[nH]c3ccccc23)cc1. The monoisotopic (exact) mass is 542 g/mol. The highest BCUT2D eigenvalue weighted by Gasteiger charge is 2.45. The van der Waals surface area contributed by atoms with Gasteiger partial charge in [0.15, 0.2) is 0 Å². The summed E-state index contributed by atoms with van der Waals surface area (Å²) in [5.74, 6) is -1.05. The zero-order chi connectivity index (χ0) is 25.4. The molecule has 6 heteroatoms. The molecule has 5 nitrogen and oxygen atoms in total. The van der Waals surface area contributed by atoms with Crippen LogP contribution in [0, 0.1) is 0 Å². The first-order valence-corrected chi connectivity index (χ1v) is 12.8. The van der Waals surface area contributed by atoms with Crippen LogP contribution in [0.5, 0.6) is 0 Å². The summed E-state index contributed by atoms with van der Waals surface area (Å²) in [4.78, 5) is 31.5. The molecule has 0 aliphatic carbocycles. The molecule has 182 valence electrons. The molecular weight excluding hydrogens is 516 g/mol. The maximum Gasteiger partial charge on any atom is 0.295 e. The molecule has 2 N–H and O–H groups in total. The van der Waals surface area contributed by atoms with Crippen LogP contribution in [0.4, 0.5) is 0 Å². The van der Waals surface area contributed by atoms with Crippen molar-refractivity contribution in [1.29, 1.82) is 0 Å². The standard InChI is InChI=1S/C30H27BrN2O3/c1-18(2)19-7-9-20(10-8-19)27-26(28(34)21-11-13-23(31)14-12-21)29(35)30(36)33(27)16-15-22-17-32-25-6-4-3-5-24(22)25/h3-14,17-18,27,32,34H,15-16H2,1-2H3/b28-26+. The predicted octanol–water partition coefficient (Wildman–Crippen LogP) is 6.72. The number of aliphatic hydroxyl groups is 1. The first kappa shape index (κ1) is 24.1. The average Bonchev–Trinajstić information content (AvgIpc) is 3.41. The van der Waals surface area contributed by atoms with Crippen LogP contribution in [0.1, 0.15) is 48.1 Å². The summed E-state index contributed by atoms with van der Waals surface area (Å²) in [5, 5.41) is 12.3. The van der Waals surface area contributed by atoms with Gasteiger partial charge in [-0.15, -0.1) is 0 Å². The van der Waals surface area contributed by atoms with Gasteiger partial charge in [-0.3, -0.25) is 9.59 Å². The van der Waals surface area contributed by atoms with E-state index in [0.29, 0.717) is 24.4 Å². The molecule has 1 fully saturated rings. The van der Waals surface area contributed by atoms with Crippen LogP contribution in [0.2, 0.25) is 0 Å². The van der Waals surface area contributed by atoms with E-state index in [2.05, 4.69) is 34.8 Å². The summed E-state index contributed by atoms with van der Waals surface area (Å²) in [5.41, 5.74) is 4.70. The summed E-state index contributed by atoms with van der Waals surface area (Å²) in [6, 6.07) is 22.4. The van der Waals surface area contributed by atoms with E-state index in [0.717, 1.165) is 26.5 Å². The number of carbonyl (C=O) groups is 2. The van der Waals surface area contributed by atoms with Crippen LogP contribution in [0.15, 0.2) is 89.0 Å². The van der Waals surface area contributed by atoms with E-state index < -0.39 is 17.7 Å². The topological polar surface area (TPSA) is 73.4 Å². The van der Waals surface area contributed by atoms with Gasteiger partial charge in [-0.2, -0.15) is 0 Å². The molecule has 1 saturated heterocycles. The third-order valence-electron chi connectivity index (χ3n) is 6.87. The molecule has 1 aliphatic rings. The minimum atomic E-state index is -0.667. The van der Waals surface area contributed by atoms with Gasteiger partial charge >= 0.3 is 0 Å². The molecule has 4 aromatic rings. The second kappa shape index (κ2) is 9.78. The number of halogens is 1. The molecule has 1 unspecified atom stereocenters. The number of aliphatic hydroxyl groups excluding tert-OH is 1. The number of amides is 1. The number of benzene rings is 3. The molecule has 1 aliphatic heterocycles. The normalized spacial score (nSPS) is 17.4. The lowest BCUT2D eigenvalue weighted by Gasteiger charge is -2.25. The van der Waals surface area contributed by atoms with Crippen LogP contribution < -0.4 is 0 Å². The minimum absolute atomic E-state index is 0.124. The summed E-state index contributed by atoms with van der Waals surface area (Å²) in [7, 11) is 0. The number of hydrogen-bond acceptors (Lipinski definition) is 3. The summed E-state index contributed by atoms with van der Waals surface area (Å²) < 4.78 is 0.860. The third kappa shape index (κ3) is 4.37. The Bertz CT molecular complexity index is 1470.